The van der Waals surface area contributed by atoms with Gasteiger partial charge >= 0.3 is 0 Å². The van der Waals surface area contributed by atoms with Gasteiger partial charge in [-0.15, -0.1) is 0 Å². The van der Waals surface area contributed by atoms with Crippen molar-refractivity contribution in [2.45, 2.75) is 0 Å². The van der Waals surface area contributed by atoms with Crippen molar-refractivity contribution in [3.05, 3.63) is 60.2 Å². The fourth-order valence-electron chi connectivity index (χ4n) is 1.08. The monoisotopic (exact) mass is 238 g/mol. The van der Waals surface area contributed by atoms with E-state index in [9.17, 15) is 8.78 Å². The lowest BCUT2D eigenvalue weighted by atomic mass is 10.3. The summed E-state index contributed by atoms with van der Waals surface area (Å²) in [6.07, 6.45) is 0. The molecule has 0 bridgehead atoms. The van der Waals surface area contributed by atoms with Crippen LogP contribution in [0.15, 0.2) is 48.5 Å². The van der Waals surface area contributed by atoms with E-state index in [1.807, 2.05) is 0 Å². The average Bonchev–Trinajstić information content (AvgIpc) is 2.34. The zero-order valence-electron chi connectivity index (χ0n) is 8.60. The highest BCUT2D eigenvalue weighted by molar-refractivity contribution is 5.22. The normalized spacial score (nSPS) is 10.0. The average molecular weight is 238 g/mol. The molecular weight excluding hydrogens is 230 g/mol. The van der Waals surface area contributed by atoms with Crippen molar-refractivity contribution in [3.8, 4) is 11.5 Å². The van der Waals surface area contributed by atoms with E-state index in [0.29, 0.717) is 0 Å². The van der Waals surface area contributed by atoms with Crippen LogP contribution in [0.5, 0.6) is 11.5 Å². The molecule has 5 heteroatoms. The molecule has 88 valence electrons. The SMILES string of the molecule is Fc1ccc(OOOc2ccc(F)cc2)cc1. The Hall–Kier alpha value is -2.14. The smallest absolute Gasteiger partial charge is 0.169 e. The summed E-state index contributed by atoms with van der Waals surface area (Å²) < 4.78 is 25.1. The Kier molecular flexibility index (Phi) is 3.52. The van der Waals surface area contributed by atoms with Crippen LogP contribution in [0.3, 0.4) is 0 Å². The molecule has 0 N–H and O–H groups in total. The maximum absolute atomic E-state index is 12.5. The Morgan fingerprint density at radius 2 is 0.941 bits per heavy atom. The molecule has 0 amide bonds. The molecule has 0 aliphatic carbocycles. The van der Waals surface area contributed by atoms with E-state index >= 15 is 0 Å². The van der Waals surface area contributed by atoms with Gasteiger partial charge in [0.15, 0.2) is 11.5 Å². The lowest BCUT2D eigenvalue weighted by molar-refractivity contribution is -0.411. The van der Waals surface area contributed by atoms with Crippen LogP contribution in [0.4, 0.5) is 8.78 Å². The molecule has 17 heavy (non-hydrogen) atoms. The summed E-state index contributed by atoms with van der Waals surface area (Å²) in [6.45, 7) is 0. The minimum Gasteiger partial charge on any atom is -0.299 e. The Morgan fingerprint density at radius 1 is 0.588 bits per heavy atom. The van der Waals surface area contributed by atoms with E-state index in [1.54, 1.807) is 0 Å². The van der Waals surface area contributed by atoms with Gasteiger partial charge < -0.3 is 0 Å². The van der Waals surface area contributed by atoms with Crippen molar-refractivity contribution in [1.29, 1.82) is 0 Å². The Bertz CT molecular complexity index is 423. The Morgan fingerprint density at radius 3 is 1.29 bits per heavy atom. The maximum Gasteiger partial charge on any atom is 0.169 e. The maximum atomic E-state index is 12.5. The quantitative estimate of drug-likeness (QED) is 0.604. The zero-order chi connectivity index (χ0) is 12.1. The molecule has 2 aromatic rings. The third-order valence-electron chi connectivity index (χ3n) is 1.89. The van der Waals surface area contributed by atoms with Crippen molar-refractivity contribution in [2.24, 2.45) is 0 Å². The van der Waals surface area contributed by atoms with Gasteiger partial charge in [-0.3, -0.25) is 9.78 Å². The fraction of sp³-hybridized carbons (Fsp3) is 0. The Balaban J connectivity index is 1.83. The molecular formula is C12H8F2O3. The van der Waals surface area contributed by atoms with E-state index in [0.717, 1.165) is 0 Å². The molecule has 0 unspecified atom stereocenters. The summed E-state index contributed by atoms with van der Waals surface area (Å²) in [5.74, 6) is -0.185. The number of halogens is 2. The third kappa shape index (κ3) is 3.42. The highest BCUT2D eigenvalue weighted by Crippen LogP contribution is 2.14. The molecule has 0 aliphatic rings. The van der Waals surface area contributed by atoms with Crippen LogP contribution in [0, 0.1) is 11.6 Å². The van der Waals surface area contributed by atoms with Gasteiger partial charge in [-0.25, -0.2) is 8.78 Å². The molecule has 0 saturated heterocycles. The van der Waals surface area contributed by atoms with Crippen LogP contribution in [-0.4, -0.2) is 0 Å². The van der Waals surface area contributed by atoms with E-state index in [4.69, 9.17) is 9.78 Å². The van der Waals surface area contributed by atoms with Gasteiger partial charge in [0, 0.05) is 5.04 Å². The van der Waals surface area contributed by atoms with Crippen LogP contribution >= 0.6 is 0 Å². The second-order valence-electron chi connectivity index (χ2n) is 3.14. The van der Waals surface area contributed by atoms with Crippen LogP contribution in [0.1, 0.15) is 0 Å². The minimum absolute atomic E-state index is 0.286. The van der Waals surface area contributed by atoms with Gasteiger partial charge in [-0.2, -0.15) is 0 Å². The molecule has 0 aliphatic heterocycles. The first-order chi connectivity index (χ1) is 8.24. The van der Waals surface area contributed by atoms with Crippen molar-refractivity contribution in [2.75, 3.05) is 0 Å². The predicted octanol–water partition coefficient (Wildman–Crippen LogP) is 3.27. The number of rotatable bonds is 4. The van der Waals surface area contributed by atoms with E-state index in [2.05, 4.69) is 5.04 Å². The van der Waals surface area contributed by atoms with E-state index in [-0.39, 0.29) is 23.1 Å². The molecule has 0 heterocycles. The third-order valence-corrected chi connectivity index (χ3v) is 1.89. The molecule has 2 aromatic carbocycles. The lowest BCUT2D eigenvalue weighted by Gasteiger charge is -2.03. The molecule has 0 atom stereocenters. The second kappa shape index (κ2) is 5.27. The summed E-state index contributed by atoms with van der Waals surface area (Å²) in [4.78, 5) is 9.43. The predicted molar refractivity (Wildman–Crippen MR) is 55.1 cm³/mol. The molecule has 0 fully saturated rings. The molecule has 0 aromatic heterocycles. The van der Waals surface area contributed by atoms with E-state index < -0.39 is 0 Å². The van der Waals surface area contributed by atoms with Gasteiger partial charge in [-0.05, 0) is 48.5 Å². The fourth-order valence-corrected chi connectivity index (χ4v) is 1.08. The van der Waals surface area contributed by atoms with Gasteiger partial charge in [0.2, 0.25) is 0 Å². The highest BCUT2D eigenvalue weighted by Gasteiger charge is 1.98. The van der Waals surface area contributed by atoms with Gasteiger partial charge in [0.05, 0.1) is 0 Å². The summed E-state index contributed by atoms with van der Waals surface area (Å²) in [6, 6.07) is 10.4. The zero-order valence-corrected chi connectivity index (χ0v) is 8.60. The summed E-state index contributed by atoms with van der Waals surface area (Å²) in [5.41, 5.74) is 0. The van der Waals surface area contributed by atoms with Crippen LogP contribution < -0.4 is 9.78 Å². The first-order valence-electron chi connectivity index (χ1n) is 4.76. The molecule has 0 radical (unpaired) electrons. The highest BCUT2D eigenvalue weighted by atomic mass is 19.1. The summed E-state index contributed by atoms with van der Waals surface area (Å²) >= 11 is 0. The van der Waals surface area contributed by atoms with Crippen LogP contribution in [0.2, 0.25) is 0 Å². The molecule has 0 spiro atoms. The second-order valence-corrected chi connectivity index (χ2v) is 3.14. The largest absolute Gasteiger partial charge is 0.299 e. The van der Waals surface area contributed by atoms with Crippen LogP contribution in [-0.2, 0) is 5.04 Å². The first-order valence-corrected chi connectivity index (χ1v) is 4.76. The first kappa shape index (κ1) is 11.3. The topological polar surface area (TPSA) is 27.7 Å². The van der Waals surface area contributed by atoms with Crippen molar-refractivity contribution in [1.82, 2.24) is 0 Å². The van der Waals surface area contributed by atoms with Gasteiger partial charge in [-0.1, -0.05) is 0 Å². The lowest BCUT2D eigenvalue weighted by Crippen LogP contribution is -2.01. The molecule has 0 saturated carbocycles. The number of benzene rings is 2. The van der Waals surface area contributed by atoms with E-state index in [1.165, 1.54) is 48.5 Å². The van der Waals surface area contributed by atoms with Crippen molar-refractivity contribution in [3.63, 3.8) is 0 Å². The van der Waals surface area contributed by atoms with Crippen molar-refractivity contribution < 1.29 is 23.6 Å². The molecule has 2 rings (SSSR count). The van der Waals surface area contributed by atoms with Gasteiger partial charge in [0.25, 0.3) is 0 Å². The summed E-state index contributed by atoms with van der Waals surface area (Å²) in [7, 11) is 0. The number of hydrogen-bond donors (Lipinski definition) is 0. The van der Waals surface area contributed by atoms with Crippen LogP contribution in [0.25, 0.3) is 0 Å². The number of hydrogen-bond acceptors (Lipinski definition) is 3. The molecule has 3 nitrogen and oxygen atoms in total. The van der Waals surface area contributed by atoms with Gasteiger partial charge in [0.1, 0.15) is 11.6 Å². The summed E-state index contributed by atoms with van der Waals surface area (Å²) in [5, 5.41) is 4.44. The standard InChI is InChI=1S/C12H8F2O3/c13-9-1-5-11(6-2-9)15-17-16-12-7-3-10(14)4-8-12/h1-8H. The van der Waals surface area contributed by atoms with Crippen molar-refractivity contribution >= 4 is 0 Å². The Labute approximate surface area is 96.0 Å². The minimum atomic E-state index is -0.378.